The third-order valence-electron chi connectivity index (χ3n) is 5.82. The third-order valence-corrected chi connectivity index (χ3v) is 5.82. The van der Waals surface area contributed by atoms with Crippen LogP contribution in [0.1, 0.15) is 76.7 Å². The van der Waals surface area contributed by atoms with Crippen LogP contribution in [0, 0.1) is 5.92 Å². The maximum absolute atomic E-state index is 10.2. The fourth-order valence-corrected chi connectivity index (χ4v) is 4.10. The average molecular weight is 386 g/mol. The van der Waals surface area contributed by atoms with E-state index >= 15 is 0 Å². The van der Waals surface area contributed by atoms with Crippen LogP contribution in [0.3, 0.4) is 0 Å². The second-order valence-corrected chi connectivity index (χ2v) is 8.25. The van der Waals surface area contributed by atoms with Crippen molar-refractivity contribution in [2.45, 2.75) is 89.9 Å². The molecule has 1 aliphatic rings. The maximum Gasteiger partial charge on any atom is 0.0771 e. The van der Waals surface area contributed by atoms with Gasteiger partial charge in [-0.2, -0.15) is 5.06 Å². The lowest BCUT2D eigenvalue weighted by molar-refractivity contribution is -0.126. The van der Waals surface area contributed by atoms with Gasteiger partial charge in [0.1, 0.15) is 0 Å². The fraction of sp³-hybridized carbons (Fsp3) is 0.640. The van der Waals surface area contributed by atoms with Gasteiger partial charge in [-0.05, 0) is 36.8 Å². The van der Waals surface area contributed by atoms with Crippen molar-refractivity contribution in [3.63, 3.8) is 0 Å². The molecule has 1 aliphatic heterocycles. The highest BCUT2D eigenvalue weighted by Crippen LogP contribution is 2.25. The highest BCUT2D eigenvalue weighted by molar-refractivity contribution is 5.13. The number of ether oxygens (including phenoxy) is 1. The highest BCUT2D eigenvalue weighted by Gasteiger charge is 2.33. The molecule has 1 aromatic carbocycles. The lowest BCUT2D eigenvalue weighted by Gasteiger charge is -2.23. The Morgan fingerprint density at radius 1 is 1.14 bits per heavy atom. The summed E-state index contributed by atoms with van der Waals surface area (Å²) >= 11 is 0. The molecule has 0 aromatic heterocycles. The Bertz CT molecular complexity index is 567. The number of benzene rings is 1. The molecule has 1 aromatic rings. The van der Waals surface area contributed by atoms with E-state index in [0.29, 0.717) is 12.5 Å². The van der Waals surface area contributed by atoms with E-state index in [0.717, 1.165) is 19.4 Å². The Kier molecular flexibility index (Phi) is 11.2. The lowest BCUT2D eigenvalue weighted by atomic mass is 10.0. The van der Waals surface area contributed by atoms with E-state index in [9.17, 15) is 5.21 Å². The summed E-state index contributed by atoms with van der Waals surface area (Å²) < 4.78 is 6.12. The minimum absolute atomic E-state index is 0.150. The van der Waals surface area contributed by atoms with Gasteiger partial charge in [0.15, 0.2) is 0 Å². The molecule has 2 rings (SSSR count). The molecule has 3 unspecified atom stereocenters. The lowest BCUT2D eigenvalue weighted by Crippen LogP contribution is -2.34. The zero-order valence-corrected chi connectivity index (χ0v) is 17.7. The van der Waals surface area contributed by atoms with Gasteiger partial charge in [-0.25, -0.2) is 0 Å². The predicted molar refractivity (Wildman–Crippen MR) is 116 cm³/mol. The Morgan fingerprint density at radius 2 is 1.82 bits per heavy atom. The molecule has 0 aliphatic carbocycles. The van der Waals surface area contributed by atoms with Crippen molar-refractivity contribution in [3.8, 4) is 0 Å². The summed E-state index contributed by atoms with van der Waals surface area (Å²) in [4.78, 5) is 0. The molecule has 156 valence electrons. The van der Waals surface area contributed by atoms with Gasteiger partial charge in [-0.15, -0.1) is 5.73 Å². The molecular weight excluding hydrogens is 346 g/mol. The van der Waals surface area contributed by atoms with Crippen molar-refractivity contribution in [1.29, 1.82) is 0 Å². The quantitative estimate of drug-likeness (QED) is 0.292. The van der Waals surface area contributed by atoms with E-state index in [1.54, 1.807) is 0 Å². The van der Waals surface area contributed by atoms with Crippen molar-refractivity contribution in [1.82, 2.24) is 5.06 Å². The Labute approximate surface area is 172 Å². The summed E-state index contributed by atoms with van der Waals surface area (Å²) in [5, 5.41) is 11.7. The van der Waals surface area contributed by atoms with Crippen LogP contribution >= 0.6 is 0 Å². The molecule has 0 bridgehead atoms. The van der Waals surface area contributed by atoms with Gasteiger partial charge in [0, 0.05) is 6.54 Å². The largest absolute Gasteiger partial charge is 0.372 e. The number of hydrogen-bond acceptors (Lipinski definition) is 3. The summed E-state index contributed by atoms with van der Waals surface area (Å²) in [6.07, 6.45) is 14.5. The van der Waals surface area contributed by atoms with Crippen LogP contribution in [0.5, 0.6) is 0 Å². The molecular formula is C25H39NO2. The van der Waals surface area contributed by atoms with Gasteiger partial charge in [-0.1, -0.05) is 88.8 Å². The van der Waals surface area contributed by atoms with E-state index in [1.807, 2.05) is 18.2 Å². The Balaban J connectivity index is 1.52. The molecule has 0 radical (unpaired) electrons. The van der Waals surface area contributed by atoms with Crippen molar-refractivity contribution in [2.24, 2.45) is 5.92 Å². The molecule has 1 heterocycles. The zero-order valence-electron chi connectivity index (χ0n) is 17.7. The summed E-state index contributed by atoms with van der Waals surface area (Å²) in [5.74, 6) is 0.613. The molecule has 3 nitrogen and oxygen atoms in total. The Morgan fingerprint density at radius 3 is 2.54 bits per heavy atom. The number of hydrogen-bond donors (Lipinski definition) is 1. The molecule has 1 saturated heterocycles. The van der Waals surface area contributed by atoms with Crippen molar-refractivity contribution in [3.05, 3.63) is 54.3 Å². The molecule has 28 heavy (non-hydrogen) atoms. The second-order valence-electron chi connectivity index (χ2n) is 8.25. The molecule has 0 saturated carbocycles. The van der Waals surface area contributed by atoms with Crippen LogP contribution in [0.2, 0.25) is 0 Å². The highest BCUT2D eigenvalue weighted by atomic mass is 16.5. The second kappa shape index (κ2) is 13.7. The van der Waals surface area contributed by atoms with E-state index in [1.165, 1.54) is 62.0 Å². The van der Waals surface area contributed by atoms with Gasteiger partial charge in [0.05, 0.1) is 18.8 Å². The van der Waals surface area contributed by atoms with E-state index in [2.05, 4.69) is 37.4 Å². The van der Waals surface area contributed by atoms with Gasteiger partial charge >= 0.3 is 0 Å². The van der Waals surface area contributed by atoms with Crippen molar-refractivity contribution in [2.75, 3.05) is 6.54 Å². The molecule has 0 amide bonds. The maximum atomic E-state index is 10.2. The number of unbranched alkanes of at least 4 members (excludes halogenated alkanes) is 6. The van der Waals surface area contributed by atoms with Crippen LogP contribution in [-0.4, -0.2) is 29.0 Å². The van der Waals surface area contributed by atoms with Gasteiger partial charge in [-0.3, -0.25) is 0 Å². The standard InChI is InChI=1S/C25H39NO2/c1-3-14-22(2)15-10-7-5-4-6-8-13-18-24-25(19-20-26(24)27)28-21-23-16-11-9-12-17-23/h9,11-12,14,16-17,22,24-25,27H,1,4-8,10,13,15,18-21H2,2H3. The smallest absolute Gasteiger partial charge is 0.0771 e. The summed E-state index contributed by atoms with van der Waals surface area (Å²) in [6.45, 7) is 7.24. The third kappa shape index (κ3) is 8.75. The average Bonchev–Trinajstić information content (AvgIpc) is 3.05. The van der Waals surface area contributed by atoms with Crippen LogP contribution in [0.25, 0.3) is 0 Å². The summed E-state index contributed by atoms with van der Waals surface area (Å²) in [7, 11) is 0. The first-order valence-corrected chi connectivity index (χ1v) is 11.2. The Hall–Kier alpha value is -1.38. The molecule has 1 fully saturated rings. The van der Waals surface area contributed by atoms with Crippen LogP contribution in [-0.2, 0) is 11.3 Å². The molecule has 0 spiro atoms. The SMILES string of the molecule is C=C=CC(C)CCCCCCCCCC1C(OCc2ccccc2)CCN1O. The van der Waals surface area contributed by atoms with Crippen LogP contribution < -0.4 is 0 Å². The minimum atomic E-state index is 0.150. The molecule has 3 atom stereocenters. The number of nitrogens with zero attached hydrogens (tertiary/aromatic N) is 1. The van der Waals surface area contributed by atoms with E-state index < -0.39 is 0 Å². The summed E-state index contributed by atoms with van der Waals surface area (Å²) in [6, 6.07) is 10.5. The van der Waals surface area contributed by atoms with Crippen molar-refractivity contribution < 1.29 is 9.94 Å². The fourth-order valence-electron chi connectivity index (χ4n) is 4.10. The minimum Gasteiger partial charge on any atom is -0.372 e. The van der Waals surface area contributed by atoms with Gasteiger partial charge < -0.3 is 9.94 Å². The van der Waals surface area contributed by atoms with E-state index in [4.69, 9.17) is 4.74 Å². The monoisotopic (exact) mass is 385 g/mol. The first-order chi connectivity index (χ1) is 13.7. The van der Waals surface area contributed by atoms with Gasteiger partial charge in [0.2, 0.25) is 0 Å². The molecule has 3 heteroatoms. The first kappa shape index (κ1) is 22.9. The number of hydroxylamine groups is 2. The van der Waals surface area contributed by atoms with Gasteiger partial charge in [0.25, 0.3) is 0 Å². The predicted octanol–water partition coefficient (Wildman–Crippen LogP) is 6.52. The number of rotatable bonds is 14. The van der Waals surface area contributed by atoms with Crippen LogP contribution in [0.4, 0.5) is 0 Å². The zero-order chi connectivity index (χ0) is 20.0. The molecule has 1 N–H and O–H groups in total. The topological polar surface area (TPSA) is 32.7 Å². The first-order valence-electron chi connectivity index (χ1n) is 11.2. The van der Waals surface area contributed by atoms with Crippen LogP contribution in [0.15, 0.2) is 48.7 Å². The number of allylic oxidation sites excluding steroid dienone is 1. The summed E-state index contributed by atoms with van der Waals surface area (Å²) in [5.41, 5.74) is 4.08. The van der Waals surface area contributed by atoms with Crippen molar-refractivity contribution >= 4 is 0 Å². The van der Waals surface area contributed by atoms with E-state index in [-0.39, 0.29) is 12.1 Å². The normalized spacial score (nSPS) is 20.8.